The molecule has 2 aromatic carbocycles. The number of para-hydroxylation sites is 1. The lowest BCUT2D eigenvalue weighted by Gasteiger charge is -2.42. The van der Waals surface area contributed by atoms with E-state index in [4.69, 9.17) is 9.15 Å². The smallest absolute Gasteiger partial charge is 0.273 e. The summed E-state index contributed by atoms with van der Waals surface area (Å²) in [5.41, 5.74) is 1.68. The number of rotatable bonds is 7. The normalized spacial score (nSPS) is 17.2. The molecule has 1 aliphatic rings. The molecular formula is C27H26N4O4. The first-order valence-corrected chi connectivity index (χ1v) is 11.4. The number of ether oxygens (including phenoxy) is 1. The maximum absolute atomic E-state index is 13.7. The SMILES string of the molecule is COc1ccccc1CNC(=O)[C@@]1(C)Cn2nc(-c3ccccc3)cc2C(=O)N1Cc1ccco1. The Balaban J connectivity index is 1.48. The van der Waals surface area contributed by atoms with E-state index in [1.807, 2.05) is 54.6 Å². The lowest BCUT2D eigenvalue weighted by molar-refractivity contribution is -0.133. The van der Waals surface area contributed by atoms with Crippen molar-refractivity contribution in [2.75, 3.05) is 7.11 Å². The molecule has 1 atom stereocenters. The summed E-state index contributed by atoms with van der Waals surface area (Å²) >= 11 is 0. The van der Waals surface area contributed by atoms with E-state index < -0.39 is 5.54 Å². The number of carbonyl (C=O) groups is 2. The molecule has 0 aliphatic carbocycles. The fraction of sp³-hybridized carbons (Fsp3) is 0.222. The van der Waals surface area contributed by atoms with Gasteiger partial charge in [0.05, 0.1) is 32.2 Å². The van der Waals surface area contributed by atoms with Gasteiger partial charge in [0.15, 0.2) is 0 Å². The van der Waals surface area contributed by atoms with Crippen molar-refractivity contribution in [1.29, 1.82) is 0 Å². The number of carbonyl (C=O) groups excluding carboxylic acids is 2. The van der Waals surface area contributed by atoms with E-state index in [2.05, 4.69) is 10.4 Å². The van der Waals surface area contributed by atoms with Crippen molar-refractivity contribution < 1.29 is 18.7 Å². The van der Waals surface area contributed by atoms with Crippen LogP contribution in [0.3, 0.4) is 0 Å². The van der Waals surface area contributed by atoms with Gasteiger partial charge in [-0.2, -0.15) is 5.10 Å². The van der Waals surface area contributed by atoms with Crippen LogP contribution in [0.1, 0.15) is 28.7 Å². The van der Waals surface area contributed by atoms with Crippen molar-refractivity contribution >= 4 is 11.8 Å². The molecule has 0 fully saturated rings. The Hall–Kier alpha value is -4.33. The summed E-state index contributed by atoms with van der Waals surface area (Å²) in [5, 5.41) is 7.67. The highest BCUT2D eigenvalue weighted by atomic mass is 16.5. The molecule has 0 spiro atoms. The van der Waals surface area contributed by atoms with E-state index in [9.17, 15) is 9.59 Å². The quantitative estimate of drug-likeness (QED) is 0.443. The first kappa shape index (κ1) is 22.5. The van der Waals surface area contributed by atoms with Crippen LogP contribution in [-0.2, 0) is 24.4 Å². The molecule has 0 bridgehead atoms. The van der Waals surface area contributed by atoms with E-state index in [0.717, 1.165) is 11.1 Å². The molecule has 0 unspecified atom stereocenters. The molecular weight excluding hydrogens is 444 g/mol. The number of aromatic nitrogens is 2. The molecule has 3 heterocycles. The second kappa shape index (κ2) is 9.13. The van der Waals surface area contributed by atoms with Gasteiger partial charge in [-0.25, -0.2) is 0 Å². The average molecular weight is 471 g/mol. The third-order valence-electron chi connectivity index (χ3n) is 6.38. The fourth-order valence-electron chi connectivity index (χ4n) is 4.41. The van der Waals surface area contributed by atoms with Crippen LogP contribution in [0, 0.1) is 0 Å². The maximum Gasteiger partial charge on any atom is 0.273 e. The second-order valence-corrected chi connectivity index (χ2v) is 8.68. The number of methoxy groups -OCH3 is 1. The van der Waals surface area contributed by atoms with E-state index in [-0.39, 0.29) is 31.4 Å². The van der Waals surface area contributed by atoms with Gasteiger partial charge in [-0.3, -0.25) is 14.3 Å². The van der Waals surface area contributed by atoms with Gasteiger partial charge in [0, 0.05) is 17.7 Å². The largest absolute Gasteiger partial charge is 0.496 e. The maximum atomic E-state index is 13.7. The zero-order valence-corrected chi connectivity index (χ0v) is 19.6. The van der Waals surface area contributed by atoms with Crippen LogP contribution < -0.4 is 10.1 Å². The Labute approximate surface area is 203 Å². The Morgan fingerprint density at radius 1 is 1.11 bits per heavy atom. The van der Waals surface area contributed by atoms with Crippen LogP contribution in [-0.4, -0.2) is 39.1 Å². The third kappa shape index (κ3) is 4.19. The molecule has 5 rings (SSSR count). The van der Waals surface area contributed by atoms with Crippen molar-refractivity contribution in [1.82, 2.24) is 20.0 Å². The van der Waals surface area contributed by atoms with Gasteiger partial charge < -0.3 is 19.4 Å². The van der Waals surface area contributed by atoms with Gasteiger partial charge in [0.25, 0.3) is 5.91 Å². The molecule has 2 aromatic heterocycles. The summed E-state index contributed by atoms with van der Waals surface area (Å²) < 4.78 is 12.6. The van der Waals surface area contributed by atoms with Gasteiger partial charge in [-0.1, -0.05) is 48.5 Å². The van der Waals surface area contributed by atoms with Crippen molar-refractivity contribution in [2.45, 2.75) is 32.1 Å². The molecule has 4 aromatic rings. The molecule has 2 amide bonds. The Morgan fingerprint density at radius 3 is 2.63 bits per heavy atom. The first-order chi connectivity index (χ1) is 17.0. The van der Waals surface area contributed by atoms with Crippen LogP contribution in [0.15, 0.2) is 83.5 Å². The molecule has 35 heavy (non-hydrogen) atoms. The summed E-state index contributed by atoms with van der Waals surface area (Å²) in [5.74, 6) is 0.716. The van der Waals surface area contributed by atoms with E-state index in [1.54, 1.807) is 48.1 Å². The predicted molar refractivity (Wildman–Crippen MR) is 129 cm³/mol. The summed E-state index contributed by atoms with van der Waals surface area (Å²) in [7, 11) is 1.59. The van der Waals surface area contributed by atoms with Crippen molar-refractivity contribution in [3.63, 3.8) is 0 Å². The average Bonchev–Trinajstić information content (AvgIpc) is 3.56. The van der Waals surface area contributed by atoms with Gasteiger partial charge in [0.1, 0.15) is 22.7 Å². The first-order valence-electron chi connectivity index (χ1n) is 11.4. The second-order valence-electron chi connectivity index (χ2n) is 8.68. The molecule has 178 valence electrons. The zero-order chi connectivity index (χ0) is 24.4. The summed E-state index contributed by atoms with van der Waals surface area (Å²) in [4.78, 5) is 28.9. The van der Waals surface area contributed by atoms with Crippen molar-refractivity contribution in [3.8, 4) is 17.0 Å². The highest BCUT2D eigenvalue weighted by Gasteiger charge is 2.48. The minimum Gasteiger partial charge on any atom is -0.496 e. The number of nitrogens with zero attached hydrogens (tertiary/aromatic N) is 3. The van der Waals surface area contributed by atoms with Gasteiger partial charge >= 0.3 is 0 Å². The van der Waals surface area contributed by atoms with Gasteiger partial charge in [0.2, 0.25) is 5.91 Å². The highest BCUT2D eigenvalue weighted by molar-refractivity contribution is 6.00. The number of hydrogen-bond acceptors (Lipinski definition) is 5. The number of nitrogens with one attached hydrogen (secondary N) is 1. The summed E-state index contributed by atoms with van der Waals surface area (Å²) in [6.45, 7) is 2.40. The molecule has 8 nitrogen and oxygen atoms in total. The monoisotopic (exact) mass is 470 g/mol. The van der Waals surface area contributed by atoms with Crippen molar-refractivity contribution in [3.05, 3.63) is 96.1 Å². The van der Waals surface area contributed by atoms with Gasteiger partial charge in [-0.15, -0.1) is 0 Å². The predicted octanol–water partition coefficient (Wildman–Crippen LogP) is 3.88. The number of fused-ring (bicyclic) bond motifs is 1. The molecule has 8 heteroatoms. The minimum atomic E-state index is -1.20. The summed E-state index contributed by atoms with van der Waals surface area (Å²) in [6.07, 6.45) is 1.56. The number of benzene rings is 2. The molecule has 0 radical (unpaired) electrons. The molecule has 1 N–H and O–H groups in total. The standard InChI is InChI=1S/C27H26N4O4/c1-27(26(33)28-16-20-11-6-7-13-24(20)34-2)18-31-23(15-22(29-31)19-9-4-3-5-10-19)25(32)30(27)17-21-12-8-14-35-21/h3-15H,16-18H2,1-2H3,(H,28,33)/t27-/m1/s1. The Bertz CT molecular complexity index is 1350. The lowest BCUT2D eigenvalue weighted by atomic mass is 9.94. The van der Waals surface area contributed by atoms with Crippen LogP contribution in [0.2, 0.25) is 0 Å². The zero-order valence-electron chi connectivity index (χ0n) is 19.6. The topological polar surface area (TPSA) is 89.6 Å². The number of hydrogen-bond donors (Lipinski definition) is 1. The number of furan rings is 1. The minimum absolute atomic E-state index is 0.163. The number of amides is 2. The highest BCUT2D eigenvalue weighted by Crippen LogP contribution is 2.31. The van der Waals surface area contributed by atoms with E-state index >= 15 is 0 Å². The molecule has 0 saturated carbocycles. The molecule has 0 saturated heterocycles. The third-order valence-corrected chi connectivity index (χ3v) is 6.38. The van der Waals surface area contributed by atoms with Crippen LogP contribution in [0.25, 0.3) is 11.3 Å². The molecule has 1 aliphatic heterocycles. The van der Waals surface area contributed by atoms with Crippen LogP contribution in [0.5, 0.6) is 5.75 Å². The van der Waals surface area contributed by atoms with Crippen LogP contribution in [0.4, 0.5) is 0 Å². The fourth-order valence-corrected chi connectivity index (χ4v) is 4.41. The van der Waals surface area contributed by atoms with Gasteiger partial charge in [-0.05, 0) is 31.2 Å². The van der Waals surface area contributed by atoms with E-state index in [1.165, 1.54) is 0 Å². The van der Waals surface area contributed by atoms with Crippen LogP contribution >= 0.6 is 0 Å². The Morgan fingerprint density at radius 2 is 1.89 bits per heavy atom. The van der Waals surface area contributed by atoms with E-state index in [0.29, 0.717) is 22.9 Å². The lowest BCUT2D eigenvalue weighted by Crippen LogP contribution is -2.63. The Kier molecular flexibility index (Phi) is 5.86. The summed E-state index contributed by atoms with van der Waals surface area (Å²) in [6, 6.07) is 22.5. The van der Waals surface area contributed by atoms with Crippen molar-refractivity contribution in [2.24, 2.45) is 0 Å².